The number of carboxylic acid groups (broad SMARTS) is 1. The molecule has 31 heavy (non-hydrogen) atoms. The molecule has 3 aromatic rings. The molecule has 3 unspecified atom stereocenters. The minimum atomic E-state index is -2.50. The Hall–Kier alpha value is -3.36. The van der Waals surface area contributed by atoms with E-state index < -0.39 is 36.0 Å². The van der Waals surface area contributed by atoms with Gasteiger partial charge in [-0.15, -0.1) is 0 Å². The zero-order valence-electron chi connectivity index (χ0n) is 16.5. The quantitative estimate of drug-likeness (QED) is 0.514. The Morgan fingerprint density at radius 2 is 1.74 bits per heavy atom. The second kappa shape index (κ2) is 9.20. The number of hydrogen-bond acceptors (Lipinski definition) is 4. The minimum absolute atomic E-state index is 0.193. The van der Waals surface area contributed by atoms with Gasteiger partial charge in [0.05, 0.1) is 12.1 Å². The van der Waals surface area contributed by atoms with Crippen molar-refractivity contribution < 1.29 is 28.1 Å². The molecule has 0 saturated carbocycles. The average Bonchev–Trinajstić information content (AvgIpc) is 3.21. The van der Waals surface area contributed by atoms with Crippen molar-refractivity contribution in [3.63, 3.8) is 0 Å². The first-order valence-electron chi connectivity index (χ1n) is 9.68. The van der Waals surface area contributed by atoms with E-state index in [1.807, 2.05) is 60.7 Å². The highest BCUT2D eigenvalue weighted by Crippen LogP contribution is 2.31. The Morgan fingerprint density at radius 3 is 2.45 bits per heavy atom. The second-order valence-electron chi connectivity index (χ2n) is 7.10. The van der Waals surface area contributed by atoms with Gasteiger partial charge in [0.25, 0.3) is 11.3 Å². The van der Waals surface area contributed by atoms with Gasteiger partial charge in [0.1, 0.15) is 12.3 Å². The fourth-order valence-electron chi connectivity index (χ4n) is 3.56. The third-order valence-corrected chi connectivity index (χ3v) is 5.79. The summed E-state index contributed by atoms with van der Waals surface area (Å²) in [5.74, 6) is -0.934. The van der Waals surface area contributed by atoms with Crippen LogP contribution in [0.4, 0.5) is 5.69 Å². The SMILES string of the molecule is O=C(O)CC(C1=COC(Cc2ccccc2)O1)N(c1ccc2ccccc2c1)S(=O)O. The van der Waals surface area contributed by atoms with Crippen molar-refractivity contribution >= 4 is 33.7 Å². The molecule has 0 aliphatic carbocycles. The van der Waals surface area contributed by atoms with Crippen molar-refractivity contribution in [2.45, 2.75) is 25.2 Å². The van der Waals surface area contributed by atoms with Gasteiger partial charge in [0, 0.05) is 6.42 Å². The molecule has 0 bridgehead atoms. The molecule has 2 N–H and O–H groups in total. The zero-order chi connectivity index (χ0) is 21.8. The Bertz CT molecular complexity index is 1130. The number of nitrogens with zero attached hydrogens (tertiary/aromatic N) is 1. The molecule has 4 rings (SSSR count). The summed E-state index contributed by atoms with van der Waals surface area (Å²) in [4.78, 5) is 11.6. The molecule has 0 aromatic heterocycles. The van der Waals surface area contributed by atoms with Crippen LogP contribution in [0.1, 0.15) is 12.0 Å². The number of fused-ring (bicyclic) bond motifs is 1. The van der Waals surface area contributed by atoms with Crippen molar-refractivity contribution in [1.29, 1.82) is 0 Å². The number of benzene rings is 3. The number of carbonyl (C=O) groups is 1. The first-order valence-corrected chi connectivity index (χ1v) is 10.7. The van der Waals surface area contributed by atoms with Gasteiger partial charge in [-0.05, 0) is 28.5 Å². The molecule has 3 atom stereocenters. The maximum absolute atomic E-state index is 12.3. The second-order valence-corrected chi connectivity index (χ2v) is 7.95. The first-order chi connectivity index (χ1) is 15.0. The van der Waals surface area contributed by atoms with E-state index >= 15 is 0 Å². The summed E-state index contributed by atoms with van der Waals surface area (Å²) in [6.07, 6.45) is 0.715. The van der Waals surface area contributed by atoms with Gasteiger partial charge in [0.15, 0.2) is 5.76 Å². The van der Waals surface area contributed by atoms with Crippen LogP contribution in [0.2, 0.25) is 0 Å². The lowest BCUT2D eigenvalue weighted by Gasteiger charge is -2.29. The van der Waals surface area contributed by atoms with Crippen LogP contribution in [0.3, 0.4) is 0 Å². The van der Waals surface area contributed by atoms with E-state index in [0.717, 1.165) is 20.6 Å². The molecule has 0 spiro atoms. The number of anilines is 1. The van der Waals surface area contributed by atoms with E-state index in [-0.39, 0.29) is 5.76 Å². The number of ether oxygens (including phenoxy) is 2. The summed E-state index contributed by atoms with van der Waals surface area (Å²) < 4.78 is 34.9. The molecule has 0 radical (unpaired) electrons. The normalized spacial score (nSPS) is 17.3. The van der Waals surface area contributed by atoms with Crippen molar-refractivity contribution in [3.8, 4) is 0 Å². The van der Waals surface area contributed by atoms with Crippen molar-refractivity contribution in [2.75, 3.05) is 4.31 Å². The first kappa shape index (κ1) is 20.9. The molecule has 160 valence electrons. The summed E-state index contributed by atoms with van der Waals surface area (Å²) in [5, 5.41) is 11.3. The lowest BCUT2D eigenvalue weighted by molar-refractivity contribution is -0.137. The highest BCUT2D eigenvalue weighted by molar-refractivity contribution is 7.80. The van der Waals surface area contributed by atoms with E-state index in [9.17, 15) is 18.7 Å². The summed E-state index contributed by atoms with van der Waals surface area (Å²) in [6, 6.07) is 21.4. The monoisotopic (exact) mass is 439 g/mol. The summed E-state index contributed by atoms with van der Waals surface area (Å²) >= 11 is -2.50. The van der Waals surface area contributed by atoms with Crippen LogP contribution < -0.4 is 4.31 Å². The molecule has 7 nitrogen and oxygen atoms in total. The third kappa shape index (κ3) is 4.87. The van der Waals surface area contributed by atoms with Gasteiger partial charge >= 0.3 is 5.97 Å². The molecular weight excluding hydrogens is 418 g/mol. The third-order valence-electron chi connectivity index (χ3n) is 4.98. The lowest BCUT2D eigenvalue weighted by atomic mass is 10.1. The molecule has 0 amide bonds. The van der Waals surface area contributed by atoms with Crippen molar-refractivity contribution in [3.05, 3.63) is 90.4 Å². The molecular formula is C23H21NO6S. The van der Waals surface area contributed by atoms with Crippen LogP contribution in [0, 0.1) is 0 Å². The number of aliphatic carboxylic acids is 1. The highest BCUT2D eigenvalue weighted by atomic mass is 32.2. The number of rotatable bonds is 8. The minimum Gasteiger partial charge on any atom is -0.481 e. The molecule has 1 aliphatic rings. The molecule has 0 saturated heterocycles. The summed E-state index contributed by atoms with van der Waals surface area (Å²) in [5.41, 5.74) is 1.40. The van der Waals surface area contributed by atoms with Crippen molar-refractivity contribution in [1.82, 2.24) is 0 Å². The van der Waals surface area contributed by atoms with E-state index in [1.54, 1.807) is 12.1 Å². The van der Waals surface area contributed by atoms with Gasteiger partial charge < -0.3 is 14.6 Å². The van der Waals surface area contributed by atoms with E-state index in [4.69, 9.17) is 9.47 Å². The molecule has 3 aromatic carbocycles. The molecule has 1 heterocycles. The standard InChI is InChI=1S/C23H21NO6S/c25-22(26)14-20(21-15-29-23(30-21)12-16-6-2-1-3-7-16)24(31(27)28)19-11-10-17-8-4-5-9-18(17)13-19/h1-11,13,15,20,23H,12,14H2,(H,25,26)(H,27,28). The largest absolute Gasteiger partial charge is 0.481 e. The fraction of sp³-hybridized carbons (Fsp3) is 0.174. The van der Waals surface area contributed by atoms with E-state index in [0.29, 0.717) is 12.1 Å². The number of carboxylic acids is 1. The van der Waals surface area contributed by atoms with Crippen LogP contribution in [0.5, 0.6) is 0 Å². The Balaban J connectivity index is 1.61. The smallest absolute Gasteiger partial charge is 0.305 e. The van der Waals surface area contributed by atoms with Gasteiger partial charge in [-0.2, -0.15) is 0 Å². The maximum atomic E-state index is 12.3. The van der Waals surface area contributed by atoms with Gasteiger partial charge in [0.2, 0.25) is 6.29 Å². The van der Waals surface area contributed by atoms with Crippen LogP contribution in [-0.2, 0) is 32.0 Å². The van der Waals surface area contributed by atoms with Gasteiger partial charge in [-0.25, -0.2) is 4.21 Å². The predicted octanol–water partition coefficient (Wildman–Crippen LogP) is 4.08. The fourth-order valence-corrected chi connectivity index (χ4v) is 4.25. The van der Waals surface area contributed by atoms with E-state index in [2.05, 4.69) is 0 Å². The molecule has 8 heteroatoms. The molecule has 0 fully saturated rings. The van der Waals surface area contributed by atoms with Crippen LogP contribution in [0.15, 0.2) is 84.8 Å². The van der Waals surface area contributed by atoms with Crippen LogP contribution >= 0.6 is 0 Å². The highest BCUT2D eigenvalue weighted by Gasteiger charge is 2.35. The zero-order valence-corrected chi connectivity index (χ0v) is 17.3. The average molecular weight is 439 g/mol. The molecule has 1 aliphatic heterocycles. The van der Waals surface area contributed by atoms with Gasteiger partial charge in [-0.3, -0.25) is 13.7 Å². The summed E-state index contributed by atoms with van der Waals surface area (Å²) in [6.45, 7) is 0. The number of hydrogen-bond donors (Lipinski definition) is 2. The van der Waals surface area contributed by atoms with Gasteiger partial charge in [-0.1, -0.05) is 60.7 Å². The lowest BCUT2D eigenvalue weighted by Crippen LogP contribution is -2.40. The Kier molecular flexibility index (Phi) is 6.20. The Morgan fingerprint density at radius 1 is 1.03 bits per heavy atom. The summed E-state index contributed by atoms with van der Waals surface area (Å²) in [7, 11) is 0. The predicted molar refractivity (Wildman–Crippen MR) is 117 cm³/mol. The Labute approximate surface area is 181 Å². The maximum Gasteiger partial charge on any atom is 0.305 e. The van der Waals surface area contributed by atoms with Crippen LogP contribution in [-0.4, -0.2) is 32.2 Å². The van der Waals surface area contributed by atoms with E-state index in [1.165, 1.54) is 6.26 Å². The topological polar surface area (TPSA) is 96.3 Å². The van der Waals surface area contributed by atoms with Crippen molar-refractivity contribution in [2.24, 2.45) is 0 Å². The van der Waals surface area contributed by atoms with Crippen LogP contribution in [0.25, 0.3) is 10.8 Å².